The van der Waals surface area contributed by atoms with Gasteiger partial charge in [0.05, 0.1) is 0 Å². The number of rotatable bonds is 4. The number of nitrogens with one attached hydrogen (secondary N) is 1. The van der Waals surface area contributed by atoms with E-state index in [2.05, 4.69) is 45.3 Å². The molecule has 0 aliphatic heterocycles. The minimum Gasteiger partial charge on any atom is -0.271 e. The first-order valence-electron chi connectivity index (χ1n) is 4.86. The highest BCUT2D eigenvalue weighted by Crippen LogP contribution is 2.12. The van der Waals surface area contributed by atoms with Crippen LogP contribution in [0.1, 0.15) is 18.9 Å². The molecule has 2 nitrogen and oxygen atoms in total. The first-order chi connectivity index (χ1) is 7.26. The van der Waals surface area contributed by atoms with Crippen LogP contribution in [-0.2, 0) is 6.42 Å². The predicted octanol–water partition coefficient (Wildman–Crippen LogP) is 2.24. The van der Waals surface area contributed by atoms with E-state index in [0.717, 1.165) is 17.3 Å². The highest BCUT2D eigenvalue weighted by Gasteiger charge is 2.05. The van der Waals surface area contributed by atoms with Crippen molar-refractivity contribution in [2.24, 2.45) is 5.84 Å². The average molecular weight is 267 g/mol. The summed E-state index contributed by atoms with van der Waals surface area (Å²) in [5.74, 6) is 11.4. The Hall–Kier alpha value is -0.820. The fourth-order valence-electron chi connectivity index (χ4n) is 1.32. The van der Waals surface area contributed by atoms with Crippen LogP contribution in [-0.4, -0.2) is 6.04 Å². The van der Waals surface area contributed by atoms with Gasteiger partial charge in [0, 0.05) is 16.9 Å². The van der Waals surface area contributed by atoms with Gasteiger partial charge in [-0.3, -0.25) is 11.3 Å². The van der Waals surface area contributed by atoms with E-state index in [1.807, 2.05) is 19.1 Å². The van der Waals surface area contributed by atoms with Gasteiger partial charge in [0.2, 0.25) is 0 Å². The molecule has 15 heavy (non-hydrogen) atoms. The number of hydrogen-bond acceptors (Lipinski definition) is 2. The molecule has 3 heteroatoms. The molecule has 0 aliphatic carbocycles. The highest BCUT2D eigenvalue weighted by molar-refractivity contribution is 9.10. The Balaban J connectivity index is 2.57. The van der Waals surface area contributed by atoms with E-state index in [4.69, 9.17) is 5.84 Å². The fourth-order valence-corrected chi connectivity index (χ4v) is 1.58. The Morgan fingerprint density at radius 3 is 2.60 bits per heavy atom. The third-order valence-corrected chi connectivity index (χ3v) is 2.68. The van der Waals surface area contributed by atoms with Crippen LogP contribution < -0.4 is 11.3 Å². The maximum atomic E-state index is 5.46. The number of hydrazine groups is 1. The lowest BCUT2D eigenvalue weighted by Crippen LogP contribution is -2.36. The van der Waals surface area contributed by atoms with Gasteiger partial charge in [-0.15, -0.1) is 11.8 Å². The third-order valence-electron chi connectivity index (χ3n) is 2.16. The zero-order valence-electron chi connectivity index (χ0n) is 8.76. The smallest absolute Gasteiger partial charge is 0.0360 e. The Labute approximate surface area is 99.3 Å². The lowest BCUT2D eigenvalue weighted by atomic mass is 10.0. The second-order valence-electron chi connectivity index (χ2n) is 3.33. The largest absolute Gasteiger partial charge is 0.271 e. The lowest BCUT2D eigenvalue weighted by molar-refractivity contribution is 0.536. The third kappa shape index (κ3) is 4.48. The van der Waals surface area contributed by atoms with Crippen molar-refractivity contribution in [3.8, 4) is 11.8 Å². The summed E-state index contributed by atoms with van der Waals surface area (Å²) in [6.07, 6.45) is 1.68. The summed E-state index contributed by atoms with van der Waals surface area (Å²) in [5.41, 5.74) is 4.05. The van der Waals surface area contributed by atoms with Crippen LogP contribution in [0.3, 0.4) is 0 Å². The van der Waals surface area contributed by atoms with Crippen molar-refractivity contribution >= 4 is 15.9 Å². The molecule has 0 saturated carbocycles. The van der Waals surface area contributed by atoms with Crippen molar-refractivity contribution < 1.29 is 0 Å². The minimum atomic E-state index is 0.221. The van der Waals surface area contributed by atoms with Crippen LogP contribution in [0.15, 0.2) is 28.7 Å². The molecule has 0 aliphatic rings. The van der Waals surface area contributed by atoms with Crippen LogP contribution in [0, 0.1) is 11.8 Å². The average Bonchev–Trinajstić information content (AvgIpc) is 2.27. The monoisotopic (exact) mass is 266 g/mol. The van der Waals surface area contributed by atoms with E-state index in [1.54, 1.807) is 0 Å². The minimum absolute atomic E-state index is 0.221. The number of halogens is 1. The second kappa shape index (κ2) is 6.62. The summed E-state index contributed by atoms with van der Waals surface area (Å²) >= 11 is 3.41. The van der Waals surface area contributed by atoms with Crippen molar-refractivity contribution in [3.63, 3.8) is 0 Å². The summed E-state index contributed by atoms with van der Waals surface area (Å²) in [4.78, 5) is 0. The van der Waals surface area contributed by atoms with Gasteiger partial charge in [-0.05, 0) is 31.0 Å². The van der Waals surface area contributed by atoms with Crippen molar-refractivity contribution in [1.29, 1.82) is 0 Å². The van der Waals surface area contributed by atoms with Crippen LogP contribution in [0.4, 0.5) is 0 Å². The molecule has 80 valence electrons. The molecule has 0 radical (unpaired) electrons. The van der Waals surface area contributed by atoms with Crippen LogP contribution in [0.5, 0.6) is 0 Å². The van der Waals surface area contributed by atoms with E-state index in [1.165, 1.54) is 5.56 Å². The predicted molar refractivity (Wildman–Crippen MR) is 67.0 cm³/mol. The van der Waals surface area contributed by atoms with Gasteiger partial charge in [-0.25, -0.2) is 0 Å². The molecule has 0 fully saturated rings. The fraction of sp³-hybridized carbons (Fsp3) is 0.333. The molecule has 3 N–H and O–H groups in total. The molecule has 0 spiro atoms. The summed E-state index contributed by atoms with van der Waals surface area (Å²) in [5, 5.41) is 0. The Kier molecular flexibility index (Phi) is 5.41. The molecule has 1 aromatic rings. The molecule has 1 rings (SSSR count). The second-order valence-corrected chi connectivity index (χ2v) is 4.24. The standard InChI is InChI=1S/C12H15BrN2/c1-2-3-4-12(15-14)9-10-5-7-11(13)8-6-10/h5-8,12,15H,4,9,14H2,1H3. The first kappa shape index (κ1) is 12.3. The lowest BCUT2D eigenvalue weighted by Gasteiger charge is -2.12. The van der Waals surface area contributed by atoms with E-state index in [-0.39, 0.29) is 6.04 Å². The van der Waals surface area contributed by atoms with Gasteiger partial charge < -0.3 is 0 Å². The van der Waals surface area contributed by atoms with E-state index in [9.17, 15) is 0 Å². The Bertz CT molecular complexity index is 348. The zero-order valence-corrected chi connectivity index (χ0v) is 10.3. The van der Waals surface area contributed by atoms with E-state index >= 15 is 0 Å². The molecular weight excluding hydrogens is 252 g/mol. The zero-order chi connectivity index (χ0) is 11.1. The summed E-state index contributed by atoms with van der Waals surface area (Å²) in [6.45, 7) is 1.84. The van der Waals surface area contributed by atoms with Crippen LogP contribution >= 0.6 is 15.9 Å². The molecule has 1 aromatic carbocycles. The van der Waals surface area contributed by atoms with Crippen molar-refractivity contribution in [2.45, 2.75) is 25.8 Å². The van der Waals surface area contributed by atoms with Crippen LogP contribution in [0.25, 0.3) is 0 Å². The molecule has 1 unspecified atom stereocenters. The molecular formula is C12H15BrN2. The summed E-state index contributed by atoms with van der Waals surface area (Å²) in [6, 6.07) is 8.48. The van der Waals surface area contributed by atoms with Crippen LogP contribution in [0.2, 0.25) is 0 Å². The number of benzene rings is 1. The SMILES string of the molecule is CC#CCC(Cc1ccc(Br)cc1)NN. The molecule has 0 saturated heterocycles. The van der Waals surface area contributed by atoms with Gasteiger partial charge in [0.1, 0.15) is 0 Å². The Morgan fingerprint density at radius 1 is 1.40 bits per heavy atom. The topological polar surface area (TPSA) is 38.0 Å². The van der Waals surface area contributed by atoms with E-state index in [0.29, 0.717) is 0 Å². The maximum absolute atomic E-state index is 5.46. The Morgan fingerprint density at radius 2 is 2.07 bits per heavy atom. The number of hydrogen-bond donors (Lipinski definition) is 2. The molecule has 0 bridgehead atoms. The summed E-state index contributed by atoms with van der Waals surface area (Å²) in [7, 11) is 0. The molecule has 0 heterocycles. The maximum Gasteiger partial charge on any atom is 0.0360 e. The molecule has 0 aromatic heterocycles. The van der Waals surface area contributed by atoms with E-state index < -0.39 is 0 Å². The van der Waals surface area contributed by atoms with Gasteiger partial charge in [0.25, 0.3) is 0 Å². The first-order valence-corrected chi connectivity index (χ1v) is 5.65. The van der Waals surface area contributed by atoms with Crippen molar-refractivity contribution in [2.75, 3.05) is 0 Å². The molecule has 0 amide bonds. The normalized spacial score (nSPS) is 11.7. The van der Waals surface area contributed by atoms with Gasteiger partial charge >= 0.3 is 0 Å². The van der Waals surface area contributed by atoms with Crippen molar-refractivity contribution in [3.05, 3.63) is 34.3 Å². The van der Waals surface area contributed by atoms with Gasteiger partial charge in [0.15, 0.2) is 0 Å². The summed E-state index contributed by atoms with van der Waals surface area (Å²) < 4.78 is 1.09. The highest BCUT2D eigenvalue weighted by atomic mass is 79.9. The number of nitrogens with two attached hydrogens (primary N) is 1. The quantitative estimate of drug-likeness (QED) is 0.499. The van der Waals surface area contributed by atoms with Gasteiger partial charge in [-0.1, -0.05) is 28.1 Å². The van der Waals surface area contributed by atoms with Gasteiger partial charge in [-0.2, -0.15) is 0 Å². The van der Waals surface area contributed by atoms with Crippen molar-refractivity contribution in [1.82, 2.24) is 5.43 Å². The molecule has 1 atom stereocenters.